The normalized spacial score (nSPS) is 14.5. The summed E-state index contributed by atoms with van der Waals surface area (Å²) in [6.07, 6.45) is 0.744. The van der Waals surface area contributed by atoms with Gasteiger partial charge in [-0.1, -0.05) is 30.3 Å². The molecule has 9 heteroatoms. The number of fused-ring (bicyclic) bond motifs is 1. The molecule has 2 aromatic carbocycles. The zero-order valence-corrected chi connectivity index (χ0v) is 20.4. The zero-order chi connectivity index (χ0) is 25.8. The molecule has 0 bridgehead atoms. The molecule has 2 aromatic rings. The number of carboxylic acids is 1. The first kappa shape index (κ1) is 25.7. The minimum Gasteiger partial charge on any atom is -0.493 e. The fraction of sp³-hybridized carbons (Fsp3) is 0.385. The van der Waals surface area contributed by atoms with Crippen LogP contribution in [0.25, 0.3) is 0 Å². The highest BCUT2D eigenvalue weighted by atomic mass is 16.6. The molecule has 0 aliphatic carbocycles. The molecule has 1 unspecified atom stereocenters. The van der Waals surface area contributed by atoms with Crippen molar-refractivity contribution in [1.82, 2.24) is 5.32 Å². The number of carboxylic acid groups (broad SMARTS) is 1. The lowest BCUT2D eigenvalue weighted by Gasteiger charge is -2.32. The van der Waals surface area contributed by atoms with Gasteiger partial charge in [0.1, 0.15) is 16.9 Å². The van der Waals surface area contributed by atoms with Crippen LogP contribution < -0.4 is 10.1 Å². The largest absolute Gasteiger partial charge is 0.493 e. The average molecular weight is 482 g/mol. The first-order chi connectivity index (χ1) is 16.4. The Morgan fingerprint density at radius 1 is 1.11 bits per heavy atom. The van der Waals surface area contributed by atoms with E-state index in [0.29, 0.717) is 30.8 Å². The molecule has 1 aliphatic heterocycles. The molecule has 0 saturated heterocycles. The van der Waals surface area contributed by atoms with Gasteiger partial charge in [-0.2, -0.15) is 0 Å². The van der Waals surface area contributed by atoms with Gasteiger partial charge < -0.3 is 24.6 Å². The average Bonchev–Trinajstić information content (AvgIpc) is 2.77. The van der Waals surface area contributed by atoms with Crippen molar-refractivity contribution >= 4 is 23.9 Å². The Kier molecular flexibility index (Phi) is 7.48. The van der Waals surface area contributed by atoms with Crippen molar-refractivity contribution in [2.75, 3.05) is 6.61 Å². The van der Waals surface area contributed by atoms with Crippen LogP contribution in [0.1, 0.15) is 61.2 Å². The molecule has 1 heterocycles. The Morgan fingerprint density at radius 3 is 2.43 bits per heavy atom. The number of benzene rings is 2. The summed E-state index contributed by atoms with van der Waals surface area (Å²) >= 11 is 0. The van der Waals surface area contributed by atoms with Gasteiger partial charge in [-0.3, -0.25) is 10.8 Å². The van der Waals surface area contributed by atoms with E-state index in [9.17, 15) is 14.7 Å². The van der Waals surface area contributed by atoms with E-state index in [-0.39, 0.29) is 17.5 Å². The van der Waals surface area contributed by atoms with E-state index in [1.54, 1.807) is 33.8 Å². The fourth-order valence-corrected chi connectivity index (χ4v) is 3.77. The molecular formula is C26H31N3O6. The quantitative estimate of drug-likeness (QED) is 0.352. The van der Waals surface area contributed by atoms with E-state index in [0.717, 1.165) is 5.56 Å². The van der Waals surface area contributed by atoms with Crippen LogP contribution in [-0.2, 0) is 22.3 Å². The van der Waals surface area contributed by atoms with Crippen molar-refractivity contribution < 1.29 is 28.9 Å². The summed E-state index contributed by atoms with van der Waals surface area (Å²) < 4.78 is 16.6. The van der Waals surface area contributed by atoms with Crippen LogP contribution in [0.2, 0.25) is 0 Å². The van der Waals surface area contributed by atoms with Crippen LogP contribution >= 0.6 is 0 Å². The summed E-state index contributed by atoms with van der Waals surface area (Å²) in [7, 11) is 0. The number of amides is 1. The molecule has 3 rings (SSSR count). The first-order valence-corrected chi connectivity index (χ1v) is 11.3. The number of alkyl carbamates (subject to hydrolysis) is 1. The van der Waals surface area contributed by atoms with Crippen molar-refractivity contribution in [3.8, 4) is 5.75 Å². The number of aromatic carboxylic acids is 1. The highest BCUT2D eigenvalue weighted by molar-refractivity contribution is 6.04. The van der Waals surface area contributed by atoms with Crippen molar-refractivity contribution in [3.05, 3.63) is 64.7 Å². The van der Waals surface area contributed by atoms with Gasteiger partial charge in [0.2, 0.25) is 11.8 Å². The fourth-order valence-electron chi connectivity index (χ4n) is 3.77. The Labute approximate surface area is 204 Å². The second kappa shape index (κ2) is 10.2. The third-order valence-electron chi connectivity index (χ3n) is 5.41. The Bertz CT molecular complexity index is 1140. The molecule has 0 aromatic heterocycles. The third kappa shape index (κ3) is 6.59. The van der Waals surface area contributed by atoms with Crippen molar-refractivity contribution in [1.29, 1.82) is 10.8 Å². The highest BCUT2D eigenvalue weighted by Crippen LogP contribution is 2.30. The predicted molar refractivity (Wildman–Crippen MR) is 131 cm³/mol. The van der Waals surface area contributed by atoms with Gasteiger partial charge in [0.05, 0.1) is 12.2 Å². The number of ether oxygens (including phenoxy) is 3. The monoisotopic (exact) mass is 481 g/mol. The summed E-state index contributed by atoms with van der Waals surface area (Å²) in [5, 5.41) is 29.4. The van der Waals surface area contributed by atoms with Crippen LogP contribution in [0, 0.1) is 10.8 Å². The molecule has 35 heavy (non-hydrogen) atoms. The molecule has 186 valence electrons. The molecule has 1 aliphatic rings. The van der Waals surface area contributed by atoms with Crippen LogP contribution in [-0.4, -0.2) is 46.7 Å². The number of hydrogen-bond donors (Lipinski definition) is 4. The van der Waals surface area contributed by atoms with E-state index in [2.05, 4.69) is 5.32 Å². The highest BCUT2D eigenvalue weighted by Gasteiger charge is 2.36. The van der Waals surface area contributed by atoms with Crippen LogP contribution in [0.5, 0.6) is 5.75 Å². The van der Waals surface area contributed by atoms with Gasteiger partial charge in [-0.15, -0.1) is 0 Å². The second-order valence-electron chi connectivity index (χ2n) is 9.64. The summed E-state index contributed by atoms with van der Waals surface area (Å²) in [5.74, 6) is -1.56. The topological polar surface area (TPSA) is 142 Å². The molecular weight excluding hydrogens is 450 g/mol. The Morgan fingerprint density at radius 2 is 1.80 bits per heavy atom. The van der Waals surface area contributed by atoms with E-state index in [4.69, 9.17) is 25.0 Å². The number of hydrogen-bond acceptors (Lipinski definition) is 7. The first-order valence-electron chi connectivity index (χ1n) is 11.3. The van der Waals surface area contributed by atoms with Gasteiger partial charge in [0, 0.05) is 17.5 Å². The molecule has 4 N–H and O–H groups in total. The molecule has 1 amide bonds. The van der Waals surface area contributed by atoms with E-state index in [1.165, 1.54) is 6.07 Å². The van der Waals surface area contributed by atoms with Gasteiger partial charge in [-0.05, 0) is 58.2 Å². The summed E-state index contributed by atoms with van der Waals surface area (Å²) in [5.41, 5.74) is -0.486. The van der Waals surface area contributed by atoms with Crippen molar-refractivity contribution in [2.24, 2.45) is 0 Å². The SMILES string of the molecule is CC(C)(C)OC(=O)NC(C)(Cc1ccccc1)C(=N)OC(=N)c1cc2c(c(C(=O)O)c1)CCCO2. The Balaban J connectivity index is 1.87. The van der Waals surface area contributed by atoms with Crippen molar-refractivity contribution in [3.63, 3.8) is 0 Å². The van der Waals surface area contributed by atoms with E-state index in [1.807, 2.05) is 30.3 Å². The summed E-state index contributed by atoms with van der Waals surface area (Å²) in [6, 6.07) is 12.2. The van der Waals surface area contributed by atoms with E-state index < -0.39 is 35.0 Å². The third-order valence-corrected chi connectivity index (χ3v) is 5.41. The molecule has 0 spiro atoms. The molecule has 0 saturated carbocycles. The maximum absolute atomic E-state index is 12.6. The molecule has 1 atom stereocenters. The number of nitrogens with one attached hydrogen (secondary N) is 3. The summed E-state index contributed by atoms with van der Waals surface area (Å²) in [4.78, 5) is 24.4. The number of carbonyl (C=O) groups is 2. The van der Waals surface area contributed by atoms with E-state index >= 15 is 0 Å². The predicted octanol–water partition coefficient (Wildman–Crippen LogP) is 4.56. The maximum atomic E-state index is 12.6. The van der Waals surface area contributed by atoms with Crippen molar-refractivity contribution in [2.45, 2.75) is 58.1 Å². The second-order valence-corrected chi connectivity index (χ2v) is 9.64. The standard InChI is InChI=1S/C26H31N3O6/c1-25(2,3)35-24(32)29-26(4,15-16-9-6-5-7-10-16)23(28)34-21(27)17-13-19(22(30)31)18-11-8-12-33-20(18)14-17/h5-7,9-10,13-14,27-28H,8,11-12,15H2,1-4H3,(H,29,32)(H,30,31). The lowest BCUT2D eigenvalue weighted by atomic mass is 9.92. The summed E-state index contributed by atoms with van der Waals surface area (Å²) in [6.45, 7) is 7.26. The lowest BCUT2D eigenvalue weighted by Crippen LogP contribution is -2.55. The minimum atomic E-state index is -1.35. The molecule has 0 fully saturated rings. The number of carbonyl (C=O) groups excluding carboxylic acids is 1. The van der Waals surface area contributed by atoms with Gasteiger partial charge >= 0.3 is 12.1 Å². The van der Waals surface area contributed by atoms with Gasteiger partial charge in [0.15, 0.2) is 0 Å². The van der Waals surface area contributed by atoms with Crippen LogP contribution in [0.4, 0.5) is 4.79 Å². The smallest absolute Gasteiger partial charge is 0.408 e. The molecule has 9 nitrogen and oxygen atoms in total. The van der Waals surface area contributed by atoms with Crippen LogP contribution in [0.15, 0.2) is 42.5 Å². The maximum Gasteiger partial charge on any atom is 0.408 e. The van der Waals surface area contributed by atoms with Gasteiger partial charge in [0.25, 0.3) is 0 Å². The van der Waals surface area contributed by atoms with Crippen LogP contribution in [0.3, 0.4) is 0 Å². The number of rotatable bonds is 6. The minimum absolute atomic E-state index is 0.0380. The van der Waals surface area contributed by atoms with Gasteiger partial charge in [-0.25, -0.2) is 9.59 Å². The Hall–Kier alpha value is -3.88. The zero-order valence-electron chi connectivity index (χ0n) is 20.4. The molecule has 0 radical (unpaired) electrons. The lowest BCUT2D eigenvalue weighted by molar-refractivity contribution is 0.0484.